The van der Waals surface area contributed by atoms with Crippen LogP contribution in [0.5, 0.6) is 0 Å². The van der Waals surface area contributed by atoms with Crippen LogP contribution in [0.2, 0.25) is 0 Å². The van der Waals surface area contributed by atoms with E-state index in [2.05, 4.69) is 13.8 Å². The van der Waals surface area contributed by atoms with E-state index in [1.807, 2.05) is 0 Å². The Morgan fingerprint density at radius 1 is 0.789 bits per heavy atom. The minimum absolute atomic E-state index is 0. The summed E-state index contributed by atoms with van der Waals surface area (Å²) in [5.41, 5.74) is 0. The van der Waals surface area contributed by atoms with Crippen LogP contribution < -0.4 is 0 Å². The molecule has 0 aromatic carbocycles. The number of aliphatic hydroxyl groups is 2. The molecule has 2 unspecified atom stereocenters. The van der Waals surface area contributed by atoms with Crippen molar-refractivity contribution < 1.29 is 19.7 Å². The second kappa shape index (κ2) is 20.5. The summed E-state index contributed by atoms with van der Waals surface area (Å²) >= 11 is 0. The number of hydrogen-bond acceptors (Lipinski definition) is 4. The molecule has 0 aliphatic heterocycles. The van der Waals surface area contributed by atoms with Gasteiger partial charge in [0.15, 0.2) is 0 Å². The summed E-state index contributed by atoms with van der Waals surface area (Å²) in [6.07, 6.45) is 3.85. The summed E-state index contributed by atoms with van der Waals surface area (Å²) in [4.78, 5) is 0. The van der Waals surface area contributed by atoms with Gasteiger partial charge in [0.25, 0.3) is 0 Å². The lowest BCUT2D eigenvalue weighted by molar-refractivity contribution is 0.0450. The zero-order valence-electron chi connectivity index (χ0n) is 13.0. The third kappa shape index (κ3) is 32.1. The van der Waals surface area contributed by atoms with Crippen molar-refractivity contribution in [1.82, 2.24) is 0 Å². The molecule has 0 heterocycles. The van der Waals surface area contributed by atoms with E-state index in [9.17, 15) is 0 Å². The lowest BCUT2D eigenvalue weighted by Gasteiger charge is -2.03. The van der Waals surface area contributed by atoms with Crippen LogP contribution in [-0.4, -0.2) is 48.8 Å². The highest BCUT2D eigenvalue weighted by Gasteiger charge is 1.93. The highest BCUT2D eigenvalue weighted by Crippen LogP contribution is 1.89. The number of unbranched alkanes of at least 4 members (excludes halogenated alkanes) is 2. The van der Waals surface area contributed by atoms with Crippen LogP contribution in [0, 0.1) is 0 Å². The highest BCUT2D eigenvalue weighted by molar-refractivity contribution is 7.59. The van der Waals surface area contributed by atoms with Crippen LogP contribution in [0.15, 0.2) is 0 Å². The molecule has 0 saturated carbocycles. The molecule has 19 heavy (non-hydrogen) atoms. The molecule has 0 saturated heterocycles. The van der Waals surface area contributed by atoms with Gasteiger partial charge in [-0.1, -0.05) is 26.7 Å². The standard InChI is InChI=1S/2C7H16O2.H2S/c2*1-3-4-5-9-6-7(2)8;/h2*7-8H,3-6H2,1-2H3;1H2. The molecule has 0 spiro atoms. The Balaban J connectivity index is -0.000000256. The van der Waals surface area contributed by atoms with Crippen molar-refractivity contribution in [1.29, 1.82) is 0 Å². The molecular formula is C14H34O4S. The van der Waals surface area contributed by atoms with Crippen molar-refractivity contribution in [2.75, 3.05) is 26.4 Å². The first kappa shape index (κ1) is 24.2. The minimum Gasteiger partial charge on any atom is -0.391 e. The van der Waals surface area contributed by atoms with E-state index in [0.717, 1.165) is 38.9 Å². The Labute approximate surface area is 125 Å². The summed E-state index contributed by atoms with van der Waals surface area (Å²) in [6, 6.07) is 0. The second-order valence-corrected chi connectivity index (χ2v) is 4.55. The molecule has 120 valence electrons. The first-order valence-corrected chi connectivity index (χ1v) is 7.06. The van der Waals surface area contributed by atoms with Gasteiger partial charge in [0.1, 0.15) is 0 Å². The minimum atomic E-state index is -0.318. The monoisotopic (exact) mass is 298 g/mol. The molecule has 0 amide bonds. The van der Waals surface area contributed by atoms with Crippen molar-refractivity contribution in [3.05, 3.63) is 0 Å². The van der Waals surface area contributed by atoms with E-state index in [1.54, 1.807) is 13.8 Å². The Hall–Kier alpha value is 0.190. The maximum atomic E-state index is 8.73. The number of aliphatic hydroxyl groups excluding tert-OH is 2. The molecule has 0 aliphatic carbocycles. The molecule has 2 N–H and O–H groups in total. The molecule has 0 aromatic heterocycles. The molecule has 0 aliphatic rings. The van der Waals surface area contributed by atoms with Crippen molar-refractivity contribution in [3.8, 4) is 0 Å². The van der Waals surface area contributed by atoms with Crippen LogP contribution in [0.4, 0.5) is 0 Å². The smallest absolute Gasteiger partial charge is 0.0745 e. The SMILES string of the molecule is CCCCOCC(C)O.CCCCOCC(C)O.S. The van der Waals surface area contributed by atoms with Gasteiger partial charge in [0.2, 0.25) is 0 Å². The normalized spacial score (nSPS) is 12.9. The van der Waals surface area contributed by atoms with Gasteiger partial charge in [-0.25, -0.2) is 0 Å². The quantitative estimate of drug-likeness (QED) is 0.608. The van der Waals surface area contributed by atoms with E-state index in [4.69, 9.17) is 19.7 Å². The topological polar surface area (TPSA) is 58.9 Å². The fourth-order valence-electron chi connectivity index (χ4n) is 1.00. The van der Waals surface area contributed by atoms with Crippen LogP contribution in [0.25, 0.3) is 0 Å². The highest BCUT2D eigenvalue weighted by atomic mass is 32.1. The van der Waals surface area contributed by atoms with Gasteiger partial charge in [-0.15, -0.1) is 0 Å². The molecule has 0 bridgehead atoms. The summed E-state index contributed by atoms with van der Waals surface area (Å²) < 4.78 is 10.2. The Kier molecular flexibility index (Phi) is 26.1. The third-order valence-corrected chi connectivity index (χ3v) is 2.00. The van der Waals surface area contributed by atoms with Crippen LogP contribution in [0.3, 0.4) is 0 Å². The molecule has 0 aromatic rings. The first-order valence-electron chi connectivity index (χ1n) is 7.06. The maximum Gasteiger partial charge on any atom is 0.0745 e. The Bertz CT molecular complexity index is 127. The summed E-state index contributed by atoms with van der Waals surface area (Å²) in [6.45, 7) is 10.2. The molecule has 0 fully saturated rings. The van der Waals surface area contributed by atoms with E-state index >= 15 is 0 Å². The molecule has 4 nitrogen and oxygen atoms in total. The van der Waals surface area contributed by atoms with E-state index < -0.39 is 0 Å². The van der Waals surface area contributed by atoms with Gasteiger partial charge in [-0.2, -0.15) is 13.5 Å². The van der Waals surface area contributed by atoms with Gasteiger partial charge >= 0.3 is 0 Å². The van der Waals surface area contributed by atoms with E-state index in [-0.39, 0.29) is 25.7 Å². The maximum absolute atomic E-state index is 8.73. The number of hydrogen-bond donors (Lipinski definition) is 2. The third-order valence-electron chi connectivity index (χ3n) is 2.00. The van der Waals surface area contributed by atoms with Gasteiger partial charge < -0.3 is 19.7 Å². The summed E-state index contributed by atoms with van der Waals surface area (Å²) in [5, 5.41) is 17.5. The molecule has 0 rings (SSSR count). The van der Waals surface area contributed by atoms with Crippen LogP contribution in [-0.2, 0) is 9.47 Å². The molecule has 0 radical (unpaired) electrons. The fourth-order valence-corrected chi connectivity index (χ4v) is 1.00. The Morgan fingerprint density at radius 2 is 1.11 bits per heavy atom. The fraction of sp³-hybridized carbons (Fsp3) is 1.00. The van der Waals surface area contributed by atoms with Gasteiger partial charge in [-0.3, -0.25) is 0 Å². The number of rotatable bonds is 10. The lowest BCUT2D eigenvalue weighted by atomic mass is 10.4. The van der Waals surface area contributed by atoms with Crippen molar-refractivity contribution in [3.63, 3.8) is 0 Å². The number of ether oxygens (including phenoxy) is 2. The van der Waals surface area contributed by atoms with Crippen molar-refractivity contribution in [2.24, 2.45) is 0 Å². The Morgan fingerprint density at radius 3 is 1.32 bits per heavy atom. The van der Waals surface area contributed by atoms with E-state index in [1.165, 1.54) is 0 Å². The largest absolute Gasteiger partial charge is 0.391 e. The predicted octanol–water partition coefficient (Wildman–Crippen LogP) is 2.48. The average Bonchev–Trinajstić information content (AvgIpc) is 2.31. The first-order chi connectivity index (χ1) is 8.54. The zero-order valence-corrected chi connectivity index (χ0v) is 14.0. The summed E-state index contributed by atoms with van der Waals surface area (Å²) in [7, 11) is 0. The summed E-state index contributed by atoms with van der Waals surface area (Å²) in [5.74, 6) is 0. The van der Waals surface area contributed by atoms with Crippen molar-refractivity contribution in [2.45, 2.75) is 65.6 Å². The zero-order chi connectivity index (χ0) is 14.2. The van der Waals surface area contributed by atoms with Gasteiger partial charge in [-0.05, 0) is 26.7 Å². The average molecular weight is 298 g/mol. The molecular weight excluding hydrogens is 264 g/mol. The second-order valence-electron chi connectivity index (χ2n) is 4.55. The van der Waals surface area contributed by atoms with Crippen molar-refractivity contribution >= 4 is 13.5 Å². The predicted molar refractivity (Wildman–Crippen MR) is 85.2 cm³/mol. The van der Waals surface area contributed by atoms with Crippen LogP contribution >= 0.6 is 13.5 Å². The van der Waals surface area contributed by atoms with E-state index in [0.29, 0.717) is 13.2 Å². The lowest BCUT2D eigenvalue weighted by Crippen LogP contribution is -2.10. The van der Waals surface area contributed by atoms with Gasteiger partial charge in [0, 0.05) is 13.2 Å². The molecule has 5 heteroatoms. The van der Waals surface area contributed by atoms with Gasteiger partial charge in [0.05, 0.1) is 25.4 Å². The van der Waals surface area contributed by atoms with Crippen LogP contribution in [0.1, 0.15) is 53.4 Å². The molecule has 2 atom stereocenters.